The molecule has 1 aromatic heterocycles. The van der Waals surface area contributed by atoms with Crippen LogP contribution in [0, 0.1) is 0 Å². The van der Waals surface area contributed by atoms with Gasteiger partial charge in [-0.2, -0.15) is 0 Å². The predicted molar refractivity (Wildman–Crippen MR) is 133 cm³/mol. The third-order valence-electron chi connectivity index (χ3n) is 5.18. The molecular formula is C27H27N3OS. The van der Waals surface area contributed by atoms with Crippen LogP contribution in [0.2, 0.25) is 0 Å². The molecule has 0 aliphatic rings. The van der Waals surface area contributed by atoms with Crippen molar-refractivity contribution in [2.45, 2.75) is 37.5 Å². The molecule has 0 radical (unpaired) electrons. The van der Waals surface area contributed by atoms with Crippen LogP contribution in [0.4, 0.5) is 0 Å². The van der Waals surface area contributed by atoms with E-state index in [1.807, 2.05) is 78.9 Å². The van der Waals surface area contributed by atoms with Gasteiger partial charge in [-0.05, 0) is 30.4 Å². The molecule has 3 aromatic carbocycles. The van der Waals surface area contributed by atoms with Gasteiger partial charge >= 0.3 is 0 Å². The second-order valence-electron chi connectivity index (χ2n) is 7.63. The van der Waals surface area contributed by atoms with Crippen LogP contribution in [0.5, 0.6) is 5.75 Å². The lowest BCUT2D eigenvalue weighted by Gasteiger charge is -2.10. The van der Waals surface area contributed by atoms with Crippen molar-refractivity contribution < 1.29 is 5.11 Å². The van der Waals surface area contributed by atoms with E-state index >= 15 is 0 Å². The Kier molecular flexibility index (Phi) is 7.51. The highest BCUT2D eigenvalue weighted by atomic mass is 32.2. The van der Waals surface area contributed by atoms with E-state index in [0.717, 1.165) is 21.8 Å². The fourth-order valence-electron chi connectivity index (χ4n) is 3.44. The Morgan fingerprint density at radius 3 is 1.84 bits per heavy atom. The molecule has 0 fully saturated rings. The molecule has 4 rings (SSSR count). The highest BCUT2D eigenvalue weighted by Gasteiger charge is 2.15. The van der Waals surface area contributed by atoms with Gasteiger partial charge in [0.25, 0.3) is 0 Å². The van der Waals surface area contributed by atoms with Crippen molar-refractivity contribution in [3.05, 3.63) is 78.9 Å². The summed E-state index contributed by atoms with van der Waals surface area (Å²) in [6.07, 6.45) is 4.96. The second kappa shape index (κ2) is 10.9. The number of thioether (sulfide) groups is 1. The van der Waals surface area contributed by atoms with E-state index in [4.69, 9.17) is 15.0 Å². The summed E-state index contributed by atoms with van der Waals surface area (Å²) in [5, 5.41) is 10.8. The second-order valence-corrected chi connectivity index (χ2v) is 8.79. The molecule has 0 aliphatic carbocycles. The van der Waals surface area contributed by atoms with E-state index in [2.05, 4.69) is 6.92 Å². The summed E-state index contributed by atoms with van der Waals surface area (Å²) in [6, 6.07) is 25.5. The zero-order valence-corrected chi connectivity index (χ0v) is 19.1. The Morgan fingerprint density at radius 2 is 1.28 bits per heavy atom. The molecule has 4 aromatic rings. The third kappa shape index (κ3) is 5.54. The average Bonchev–Trinajstić information content (AvgIpc) is 2.85. The normalized spacial score (nSPS) is 10.9. The minimum Gasteiger partial charge on any atom is -0.507 e. The average molecular weight is 442 g/mol. The maximum Gasteiger partial charge on any atom is 0.167 e. The van der Waals surface area contributed by atoms with E-state index in [-0.39, 0.29) is 5.75 Å². The van der Waals surface area contributed by atoms with Crippen molar-refractivity contribution in [2.24, 2.45) is 0 Å². The van der Waals surface area contributed by atoms with E-state index in [9.17, 15) is 5.11 Å². The Hall–Kier alpha value is -3.18. The molecule has 1 heterocycles. The first-order chi connectivity index (χ1) is 15.7. The van der Waals surface area contributed by atoms with Gasteiger partial charge in [-0.25, -0.2) is 15.0 Å². The molecule has 0 aliphatic heterocycles. The summed E-state index contributed by atoms with van der Waals surface area (Å²) < 4.78 is 0. The zero-order chi connectivity index (χ0) is 22.2. The minimum absolute atomic E-state index is 0.188. The van der Waals surface area contributed by atoms with Gasteiger partial charge in [0.1, 0.15) is 5.75 Å². The summed E-state index contributed by atoms with van der Waals surface area (Å²) in [5.41, 5.74) is 2.43. The van der Waals surface area contributed by atoms with Gasteiger partial charge in [0.2, 0.25) is 0 Å². The lowest BCUT2D eigenvalue weighted by molar-refractivity contribution is 0.475. The summed E-state index contributed by atoms with van der Waals surface area (Å²) in [5.74, 6) is 2.88. The van der Waals surface area contributed by atoms with Crippen molar-refractivity contribution in [2.75, 3.05) is 5.75 Å². The van der Waals surface area contributed by atoms with Crippen LogP contribution >= 0.6 is 11.8 Å². The van der Waals surface area contributed by atoms with Crippen LogP contribution in [0.1, 0.15) is 32.6 Å². The van der Waals surface area contributed by atoms with Crippen LogP contribution in [0.3, 0.4) is 0 Å². The minimum atomic E-state index is 0.188. The molecule has 0 saturated carbocycles. The van der Waals surface area contributed by atoms with Gasteiger partial charge in [-0.1, -0.05) is 86.8 Å². The Bertz CT molecular complexity index is 1090. The number of hydrogen-bond donors (Lipinski definition) is 1. The number of phenolic OH excluding ortho intramolecular Hbond substituents is 1. The first kappa shape index (κ1) is 22.0. The highest BCUT2D eigenvalue weighted by molar-refractivity contribution is 7.99. The molecule has 162 valence electrons. The number of nitrogens with zero attached hydrogens (tertiary/aromatic N) is 3. The van der Waals surface area contributed by atoms with Crippen LogP contribution in [-0.4, -0.2) is 25.8 Å². The molecule has 0 atom stereocenters. The van der Waals surface area contributed by atoms with Gasteiger partial charge in [-0.3, -0.25) is 0 Å². The standard InChI is InChI=1S/C27H27N3OS/c1-2-3-4-11-18-32-22-16-17-23(24(31)19-22)27-29-25(20-12-7-5-8-13-20)28-26(30-27)21-14-9-6-10-15-21/h5-10,12-17,19,31H,2-4,11,18H2,1H3. The zero-order valence-electron chi connectivity index (χ0n) is 18.2. The van der Waals surface area contributed by atoms with Crippen LogP contribution in [0.25, 0.3) is 34.2 Å². The van der Waals surface area contributed by atoms with Gasteiger partial charge < -0.3 is 5.11 Å². The quantitative estimate of drug-likeness (QED) is 0.219. The number of unbranched alkanes of at least 4 members (excludes halogenated alkanes) is 3. The van der Waals surface area contributed by atoms with Crippen LogP contribution in [0.15, 0.2) is 83.8 Å². The SMILES string of the molecule is CCCCCCSc1ccc(-c2nc(-c3ccccc3)nc(-c3ccccc3)n2)c(O)c1. The lowest BCUT2D eigenvalue weighted by atomic mass is 10.1. The molecule has 0 unspecified atom stereocenters. The molecule has 1 N–H and O–H groups in total. The Morgan fingerprint density at radius 1 is 0.688 bits per heavy atom. The summed E-state index contributed by atoms with van der Waals surface area (Å²) in [7, 11) is 0. The Labute approximate surface area is 193 Å². The smallest absolute Gasteiger partial charge is 0.167 e. The van der Waals surface area contributed by atoms with E-state index in [1.165, 1.54) is 25.7 Å². The van der Waals surface area contributed by atoms with Gasteiger partial charge in [0.15, 0.2) is 17.5 Å². The topological polar surface area (TPSA) is 58.9 Å². The molecule has 0 bridgehead atoms. The summed E-state index contributed by atoms with van der Waals surface area (Å²) in [6.45, 7) is 2.22. The van der Waals surface area contributed by atoms with Crippen molar-refractivity contribution in [1.82, 2.24) is 15.0 Å². The molecular weight excluding hydrogens is 414 g/mol. The van der Waals surface area contributed by atoms with E-state index in [1.54, 1.807) is 11.8 Å². The van der Waals surface area contributed by atoms with E-state index in [0.29, 0.717) is 23.0 Å². The summed E-state index contributed by atoms with van der Waals surface area (Å²) in [4.78, 5) is 15.2. The largest absolute Gasteiger partial charge is 0.507 e. The monoisotopic (exact) mass is 441 g/mol. The van der Waals surface area contributed by atoms with Crippen molar-refractivity contribution in [3.63, 3.8) is 0 Å². The van der Waals surface area contributed by atoms with Crippen molar-refractivity contribution >= 4 is 11.8 Å². The van der Waals surface area contributed by atoms with Crippen LogP contribution < -0.4 is 0 Å². The maximum absolute atomic E-state index is 10.8. The van der Waals surface area contributed by atoms with Gasteiger partial charge in [0.05, 0.1) is 5.56 Å². The number of rotatable bonds is 9. The first-order valence-corrected chi connectivity index (χ1v) is 12.1. The van der Waals surface area contributed by atoms with Crippen molar-refractivity contribution in [3.8, 4) is 39.9 Å². The number of hydrogen-bond acceptors (Lipinski definition) is 5. The predicted octanol–water partition coefficient (Wildman–Crippen LogP) is 7.25. The number of phenols is 1. The molecule has 4 nitrogen and oxygen atoms in total. The maximum atomic E-state index is 10.8. The molecule has 0 saturated heterocycles. The third-order valence-corrected chi connectivity index (χ3v) is 6.26. The molecule has 32 heavy (non-hydrogen) atoms. The van der Waals surface area contributed by atoms with Gasteiger partial charge in [-0.15, -0.1) is 11.8 Å². The fraction of sp³-hybridized carbons (Fsp3) is 0.222. The number of aromatic nitrogens is 3. The molecule has 5 heteroatoms. The van der Waals surface area contributed by atoms with Crippen LogP contribution in [-0.2, 0) is 0 Å². The highest BCUT2D eigenvalue weighted by Crippen LogP contribution is 2.33. The fourth-order valence-corrected chi connectivity index (χ4v) is 4.38. The lowest BCUT2D eigenvalue weighted by Crippen LogP contribution is -2.00. The number of benzene rings is 3. The molecule has 0 amide bonds. The summed E-state index contributed by atoms with van der Waals surface area (Å²) >= 11 is 1.78. The van der Waals surface area contributed by atoms with Gasteiger partial charge in [0, 0.05) is 16.0 Å². The first-order valence-electron chi connectivity index (χ1n) is 11.1. The number of aromatic hydroxyl groups is 1. The van der Waals surface area contributed by atoms with Crippen molar-refractivity contribution in [1.29, 1.82) is 0 Å². The molecule has 0 spiro atoms. The van der Waals surface area contributed by atoms with E-state index < -0.39 is 0 Å². The Balaban J connectivity index is 1.66.